The van der Waals surface area contributed by atoms with Crippen LogP contribution in [-0.4, -0.2) is 28.6 Å². The highest BCUT2D eigenvalue weighted by Gasteiger charge is 2.32. The second-order valence-corrected chi connectivity index (χ2v) is 5.73. The van der Waals surface area contributed by atoms with Crippen LogP contribution in [0.15, 0.2) is 24.4 Å². The van der Waals surface area contributed by atoms with Crippen LogP contribution in [0.5, 0.6) is 5.75 Å². The third-order valence-electron chi connectivity index (χ3n) is 4.00. The number of nitrogens with zero attached hydrogens (tertiary/aromatic N) is 2. The van der Waals surface area contributed by atoms with Gasteiger partial charge in [-0.3, -0.25) is 4.84 Å². The standard InChI is InChI=1S/C16H18F3N3O3/c1-24-21-15-12(9-22(20-15)14-4-2-3-7-25-14)11-8-10(16(17,18)19)5-6-13(11)23/h5-6,8-9,14,23H,2-4,7H2,1H3,(H,20,21). The van der Waals surface area contributed by atoms with E-state index < -0.39 is 11.7 Å². The second-order valence-electron chi connectivity index (χ2n) is 5.73. The minimum Gasteiger partial charge on any atom is -0.507 e. The van der Waals surface area contributed by atoms with Gasteiger partial charge in [-0.2, -0.15) is 18.3 Å². The van der Waals surface area contributed by atoms with E-state index in [4.69, 9.17) is 9.57 Å². The quantitative estimate of drug-likeness (QED) is 0.811. The van der Waals surface area contributed by atoms with Crippen molar-refractivity contribution in [2.75, 3.05) is 19.2 Å². The van der Waals surface area contributed by atoms with Gasteiger partial charge in [0.25, 0.3) is 0 Å². The smallest absolute Gasteiger partial charge is 0.416 e. The molecule has 1 aliphatic rings. The molecule has 0 radical (unpaired) electrons. The maximum atomic E-state index is 13.0. The molecule has 2 heterocycles. The number of hydrogen-bond acceptors (Lipinski definition) is 5. The number of anilines is 1. The molecule has 1 aromatic heterocycles. The van der Waals surface area contributed by atoms with Crippen molar-refractivity contribution in [3.63, 3.8) is 0 Å². The predicted octanol–water partition coefficient (Wildman–Crippen LogP) is 3.95. The van der Waals surface area contributed by atoms with E-state index in [1.54, 1.807) is 6.20 Å². The fourth-order valence-electron chi connectivity index (χ4n) is 2.77. The molecule has 3 rings (SSSR count). The Morgan fingerprint density at radius 1 is 1.32 bits per heavy atom. The van der Waals surface area contributed by atoms with Gasteiger partial charge in [0.15, 0.2) is 5.82 Å². The highest BCUT2D eigenvalue weighted by atomic mass is 19.4. The number of phenols is 1. The van der Waals surface area contributed by atoms with Crippen LogP contribution in [0.4, 0.5) is 19.0 Å². The number of hydrogen-bond donors (Lipinski definition) is 2. The molecule has 136 valence electrons. The Morgan fingerprint density at radius 2 is 2.12 bits per heavy atom. The normalized spacial score (nSPS) is 18.3. The highest BCUT2D eigenvalue weighted by Crippen LogP contribution is 2.39. The molecule has 6 nitrogen and oxygen atoms in total. The van der Waals surface area contributed by atoms with Gasteiger partial charge in [-0.05, 0) is 37.5 Å². The lowest BCUT2D eigenvalue weighted by molar-refractivity contribution is -0.137. The Morgan fingerprint density at radius 3 is 2.76 bits per heavy atom. The Bertz CT molecular complexity index is 740. The molecular formula is C16H18F3N3O3. The van der Waals surface area contributed by atoms with Crippen molar-refractivity contribution in [1.82, 2.24) is 9.78 Å². The number of aromatic nitrogens is 2. The largest absolute Gasteiger partial charge is 0.507 e. The number of alkyl halides is 3. The summed E-state index contributed by atoms with van der Waals surface area (Å²) in [7, 11) is 1.37. The third kappa shape index (κ3) is 3.72. The van der Waals surface area contributed by atoms with Crippen LogP contribution in [0.2, 0.25) is 0 Å². The first-order chi connectivity index (χ1) is 11.9. The molecule has 0 bridgehead atoms. The number of nitrogens with one attached hydrogen (secondary N) is 1. The lowest BCUT2D eigenvalue weighted by atomic mass is 10.0. The number of halogens is 3. The van der Waals surface area contributed by atoms with Gasteiger partial charge < -0.3 is 9.84 Å². The lowest BCUT2D eigenvalue weighted by Gasteiger charge is -2.22. The average Bonchev–Trinajstić information content (AvgIpc) is 2.99. The summed E-state index contributed by atoms with van der Waals surface area (Å²) < 4.78 is 46.2. The molecule has 25 heavy (non-hydrogen) atoms. The van der Waals surface area contributed by atoms with E-state index in [1.807, 2.05) is 0 Å². The fraction of sp³-hybridized carbons (Fsp3) is 0.438. The van der Waals surface area contributed by atoms with Gasteiger partial charge in [0.05, 0.1) is 12.7 Å². The van der Waals surface area contributed by atoms with Gasteiger partial charge in [0.1, 0.15) is 12.0 Å². The molecule has 0 amide bonds. The molecule has 0 spiro atoms. The molecule has 9 heteroatoms. The Hall–Kier alpha value is -2.26. The third-order valence-corrected chi connectivity index (χ3v) is 4.00. The molecule has 1 aromatic carbocycles. The molecule has 1 unspecified atom stereocenters. The Labute approximate surface area is 142 Å². The topological polar surface area (TPSA) is 68.5 Å². The van der Waals surface area contributed by atoms with Gasteiger partial charge in [-0.15, -0.1) is 0 Å². The van der Waals surface area contributed by atoms with Gasteiger partial charge >= 0.3 is 6.18 Å². The van der Waals surface area contributed by atoms with E-state index in [0.717, 1.165) is 37.5 Å². The molecule has 0 saturated carbocycles. The number of benzene rings is 1. The fourth-order valence-corrected chi connectivity index (χ4v) is 2.77. The molecule has 2 aromatic rings. The molecule has 1 saturated heterocycles. The predicted molar refractivity (Wildman–Crippen MR) is 83.8 cm³/mol. The van der Waals surface area contributed by atoms with Crippen molar-refractivity contribution in [2.24, 2.45) is 0 Å². The lowest BCUT2D eigenvalue weighted by Crippen LogP contribution is -2.18. The van der Waals surface area contributed by atoms with Gasteiger partial charge in [-0.25, -0.2) is 10.2 Å². The number of rotatable bonds is 4. The Balaban J connectivity index is 2.04. The van der Waals surface area contributed by atoms with Crippen LogP contribution in [0.1, 0.15) is 31.1 Å². The zero-order valence-corrected chi connectivity index (χ0v) is 13.5. The SMILES string of the molecule is CONc1nn(C2CCCCO2)cc1-c1cc(C(F)(F)F)ccc1O. The minimum atomic E-state index is -4.51. The zero-order chi connectivity index (χ0) is 18.0. The van der Waals surface area contributed by atoms with Crippen molar-refractivity contribution in [2.45, 2.75) is 31.7 Å². The van der Waals surface area contributed by atoms with Crippen LogP contribution in [0.25, 0.3) is 11.1 Å². The monoisotopic (exact) mass is 357 g/mol. The molecular weight excluding hydrogens is 339 g/mol. The van der Waals surface area contributed by atoms with Gasteiger partial charge in [0.2, 0.25) is 0 Å². The van der Waals surface area contributed by atoms with Crippen LogP contribution < -0.4 is 5.48 Å². The van der Waals surface area contributed by atoms with E-state index in [0.29, 0.717) is 12.2 Å². The van der Waals surface area contributed by atoms with E-state index in [-0.39, 0.29) is 23.4 Å². The first kappa shape index (κ1) is 17.6. The summed E-state index contributed by atoms with van der Waals surface area (Å²) in [6, 6.07) is 2.74. The summed E-state index contributed by atoms with van der Waals surface area (Å²) >= 11 is 0. The summed E-state index contributed by atoms with van der Waals surface area (Å²) in [5, 5.41) is 14.4. The van der Waals surface area contributed by atoms with Crippen molar-refractivity contribution in [1.29, 1.82) is 0 Å². The summed E-state index contributed by atoms with van der Waals surface area (Å²) in [4.78, 5) is 4.86. The number of aromatic hydroxyl groups is 1. The first-order valence-electron chi connectivity index (χ1n) is 7.80. The average molecular weight is 357 g/mol. The van der Waals surface area contributed by atoms with Crippen LogP contribution >= 0.6 is 0 Å². The molecule has 1 fully saturated rings. The number of phenolic OH excluding ortho intramolecular Hbond substituents is 1. The van der Waals surface area contributed by atoms with Crippen molar-refractivity contribution in [3.8, 4) is 16.9 Å². The second kappa shape index (κ2) is 6.93. The Kier molecular flexibility index (Phi) is 4.87. The maximum Gasteiger partial charge on any atom is 0.416 e. The van der Waals surface area contributed by atoms with E-state index >= 15 is 0 Å². The van der Waals surface area contributed by atoms with Crippen LogP contribution in [-0.2, 0) is 15.8 Å². The summed E-state index contributed by atoms with van der Waals surface area (Å²) in [5.41, 5.74) is 1.99. The summed E-state index contributed by atoms with van der Waals surface area (Å²) in [6.07, 6.45) is -0.578. The van der Waals surface area contributed by atoms with Crippen LogP contribution in [0, 0.1) is 0 Å². The molecule has 2 N–H and O–H groups in total. The summed E-state index contributed by atoms with van der Waals surface area (Å²) in [5.74, 6) is -0.0810. The van der Waals surface area contributed by atoms with Gasteiger partial charge in [-0.1, -0.05) is 0 Å². The maximum absolute atomic E-state index is 13.0. The van der Waals surface area contributed by atoms with E-state index in [2.05, 4.69) is 10.6 Å². The van der Waals surface area contributed by atoms with E-state index in [9.17, 15) is 18.3 Å². The van der Waals surface area contributed by atoms with Crippen LogP contribution in [0.3, 0.4) is 0 Å². The molecule has 0 aliphatic carbocycles. The molecule has 1 aliphatic heterocycles. The van der Waals surface area contributed by atoms with E-state index in [1.165, 1.54) is 11.8 Å². The van der Waals surface area contributed by atoms with Crippen molar-refractivity contribution >= 4 is 5.82 Å². The minimum absolute atomic E-state index is 0.0106. The van der Waals surface area contributed by atoms with Gasteiger partial charge in [0, 0.05) is 23.9 Å². The number of ether oxygens (including phenoxy) is 1. The summed E-state index contributed by atoms with van der Waals surface area (Å²) in [6.45, 7) is 0.599. The zero-order valence-electron chi connectivity index (χ0n) is 13.5. The highest BCUT2D eigenvalue weighted by molar-refractivity contribution is 5.79. The first-order valence-corrected chi connectivity index (χ1v) is 7.80. The van der Waals surface area contributed by atoms with Crippen molar-refractivity contribution < 1.29 is 27.9 Å². The van der Waals surface area contributed by atoms with Crippen molar-refractivity contribution in [3.05, 3.63) is 30.0 Å². The molecule has 1 atom stereocenters.